The lowest BCUT2D eigenvalue weighted by Crippen LogP contribution is -2.55. The second kappa shape index (κ2) is 5.38. The van der Waals surface area contributed by atoms with Gasteiger partial charge in [0.2, 0.25) is 0 Å². The summed E-state index contributed by atoms with van der Waals surface area (Å²) in [5.41, 5.74) is -1.04. The first kappa shape index (κ1) is 14.8. The molecule has 19 heavy (non-hydrogen) atoms. The zero-order valence-corrected chi connectivity index (χ0v) is 12.1. The summed E-state index contributed by atoms with van der Waals surface area (Å²) in [5.74, 6) is -0.832. The van der Waals surface area contributed by atoms with E-state index in [1.807, 2.05) is 0 Å². The Labute approximate surface area is 114 Å². The van der Waals surface area contributed by atoms with E-state index in [-0.39, 0.29) is 5.60 Å². The van der Waals surface area contributed by atoms with Crippen LogP contribution in [0.2, 0.25) is 0 Å². The van der Waals surface area contributed by atoms with Crippen LogP contribution in [0, 0.1) is 0 Å². The highest BCUT2D eigenvalue weighted by atomic mass is 16.5. The van der Waals surface area contributed by atoms with Gasteiger partial charge in [0.25, 0.3) is 0 Å². The van der Waals surface area contributed by atoms with Crippen LogP contribution in [0.1, 0.15) is 39.5 Å². The van der Waals surface area contributed by atoms with E-state index in [2.05, 4.69) is 18.7 Å². The van der Waals surface area contributed by atoms with Gasteiger partial charge in [-0.15, -0.1) is 0 Å². The number of aliphatic carboxylic acids is 1. The molecule has 0 spiro atoms. The minimum Gasteiger partial charge on any atom is -0.479 e. The van der Waals surface area contributed by atoms with Crippen LogP contribution in [-0.4, -0.2) is 60.0 Å². The molecule has 110 valence electrons. The number of carboxylic acids is 1. The second-order valence-corrected chi connectivity index (χ2v) is 6.29. The smallest absolute Gasteiger partial charge is 0.336 e. The van der Waals surface area contributed by atoms with E-state index in [0.717, 1.165) is 32.5 Å². The molecular formula is C14H25NO4. The minimum absolute atomic E-state index is 0.0640. The van der Waals surface area contributed by atoms with Crippen LogP contribution in [0.25, 0.3) is 0 Å². The van der Waals surface area contributed by atoms with E-state index in [1.165, 1.54) is 7.11 Å². The molecule has 0 saturated carbocycles. The van der Waals surface area contributed by atoms with Gasteiger partial charge in [-0.2, -0.15) is 0 Å². The Kier molecular flexibility index (Phi) is 4.18. The lowest BCUT2D eigenvalue weighted by Gasteiger charge is -2.45. The van der Waals surface area contributed by atoms with Crippen LogP contribution in [0.5, 0.6) is 0 Å². The Bertz CT molecular complexity index is 334. The molecule has 2 saturated heterocycles. The predicted octanol–water partition coefficient (Wildman–Crippen LogP) is 1.51. The Morgan fingerprint density at radius 3 is 2.47 bits per heavy atom. The number of hydrogen-bond donors (Lipinski definition) is 1. The molecule has 2 heterocycles. The van der Waals surface area contributed by atoms with Gasteiger partial charge in [0.1, 0.15) is 0 Å². The molecule has 1 atom stereocenters. The topological polar surface area (TPSA) is 59.0 Å². The molecule has 1 N–H and O–H groups in total. The summed E-state index contributed by atoms with van der Waals surface area (Å²) >= 11 is 0. The molecule has 2 aliphatic heterocycles. The van der Waals surface area contributed by atoms with E-state index in [9.17, 15) is 9.90 Å². The first-order chi connectivity index (χ1) is 8.88. The highest BCUT2D eigenvalue weighted by molar-refractivity contribution is 5.77. The van der Waals surface area contributed by atoms with Crippen molar-refractivity contribution in [2.75, 3.05) is 26.8 Å². The van der Waals surface area contributed by atoms with E-state index < -0.39 is 11.6 Å². The summed E-state index contributed by atoms with van der Waals surface area (Å²) < 4.78 is 11.0. The van der Waals surface area contributed by atoms with E-state index in [1.54, 1.807) is 0 Å². The number of rotatable bonds is 3. The Balaban J connectivity index is 1.94. The monoisotopic (exact) mass is 271 g/mol. The van der Waals surface area contributed by atoms with Crippen molar-refractivity contribution in [3.63, 3.8) is 0 Å². The molecule has 5 nitrogen and oxygen atoms in total. The molecular weight excluding hydrogens is 246 g/mol. The van der Waals surface area contributed by atoms with Crippen LogP contribution in [0.4, 0.5) is 0 Å². The lowest BCUT2D eigenvalue weighted by atomic mass is 9.87. The van der Waals surface area contributed by atoms with E-state index >= 15 is 0 Å². The number of carboxylic acid groups (broad SMARTS) is 1. The average molecular weight is 271 g/mol. The van der Waals surface area contributed by atoms with Gasteiger partial charge in [-0.3, -0.25) is 4.90 Å². The molecule has 0 aromatic heterocycles. The molecule has 0 aromatic carbocycles. The standard InChI is InChI=1S/C14H25NO4/c1-13(2)10-11(4-9-19-13)15-7-5-14(18-3,6-8-15)12(16)17/h11H,4-10H2,1-3H3,(H,16,17). The maximum atomic E-state index is 11.3. The molecule has 0 radical (unpaired) electrons. The fourth-order valence-corrected chi connectivity index (χ4v) is 3.27. The van der Waals surface area contributed by atoms with Gasteiger partial charge in [-0.1, -0.05) is 0 Å². The second-order valence-electron chi connectivity index (χ2n) is 6.29. The van der Waals surface area contributed by atoms with Gasteiger partial charge >= 0.3 is 5.97 Å². The SMILES string of the molecule is COC1(C(=O)O)CCN(C2CCOC(C)(C)C2)CC1. The average Bonchev–Trinajstić information content (AvgIpc) is 2.37. The van der Waals surface area contributed by atoms with Crippen molar-refractivity contribution < 1.29 is 19.4 Å². The van der Waals surface area contributed by atoms with Gasteiger partial charge in [0.05, 0.1) is 5.60 Å². The number of likely N-dealkylation sites (tertiary alicyclic amines) is 1. The molecule has 0 bridgehead atoms. The van der Waals surface area contributed by atoms with E-state index in [0.29, 0.717) is 18.9 Å². The van der Waals surface area contributed by atoms with Crippen LogP contribution < -0.4 is 0 Å². The molecule has 2 fully saturated rings. The van der Waals surface area contributed by atoms with Crippen LogP contribution in [-0.2, 0) is 14.3 Å². The summed E-state index contributed by atoms with van der Waals surface area (Å²) in [5, 5.41) is 9.30. The highest BCUT2D eigenvalue weighted by Gasteiger charge is 2.44. The molecule has 2 rings (SSSR count). The normalized spacial score (nSPS) is 31.0. The molecule has 0 amide bonds. The molecule has 1 unspecified atom stereocenters. The first-order valence-electron chi connectivity index (χ1n) is 7.05. The van der Waals surface area contributed by atoms with Gasteiger partial charge in [-0.25, -0.2) is 4.79 Å². The third-order valence-corrected chi connectivity index (χ3v) is 4.57. The molecule has 0 aliphatic carbocycles. The fraction of sp³-hybridized carbons (Fsp3) is 0.929. The van der Waals surface area contributed by atoms with E-state index in [4.69, 9.17) is 9.47 Å². The summed E-state index contributed by atoms with van der Waals surface area (Å²) in [4.78, 5) is 13.7. The maximum absolute atomic E-state index is 11.3. The predicted molar refractivity (Wildman–Crippen MR) is 71.2 cm³/mol. The summed E-state index contributed by atoms with van der Waals surface area (Å²) in [6.45, 7) is 6.63. The van der Waals surface area contributed by atoms with Gasteiger partial charge in [0, 0.05) is 32.8 Å². The third kappa shape index (κ3) is 3.09. The van der Waals surface area contributed by atoms with Crippen LogP contribution in [0.3, 0.4) is 0 Å². The highest BCUT2D eigenvalue weighted by Crippen LogP contribution is 2.32. The number of carbonyl (C=O) groups is 1. The largest absolute Gasteiger partial charge is 0.479 e. The van der Waals surface area contributed by atoms with Crippen molar-refractivity contribution in [2.45, 2.75) is 56.8 Å². The third-order valence-electron chi connectivity index (χ3n) is 4.57. The molecule has 2 aliphatic rings. The Morgan fingerprint density at radius 2 is 2.00 bits per heavy atom. The number of methoxy groups -OCH3 is 1. The summed E-state index contributed by atoms with van der Waals surface area (Å²) in [7, 11) is 1.50. The van der Waals surface area contributed by atoms with Gasteiger partial charge < -0.3 is 14.6 Å². The zero-order chi connectivity index (χ0) is 14.1. The van der Waals surface area contributed by atoms with Gasteiger partial charge in [0.15, 0.2) is 5.60 Å². The number of nitrogens with zero attached hydrogens (tertiary/aromatic N) is 1. The van der Waals surface area contributed by atoms with Crippen LogP contribution >= 0.6 is 0 Å². The summed E-state index contributed by atoms with van der Waals surface area (Å²) in [6.07, 6.45) is 3.18. The van der Waals surface area contributed by atoms with Crippen molar-refractivity contribution >= 4 is 5.97 Å². The first-order valence-corrected chi connectivity index (χ1v) is 7.05. The Hall–Kier alpha value is -0.650. The van der Waals surface area contributed by atoms with Crippen molar-refractivity contribution in [3.8, 4) is 0 Å². The maximum Gasteiger partial charge on any atom is 0.336 e. The Morgan fingerprint density at radius 1 is 1.37 bits per heavy atom. The number of piperidine rings is 1. The lowest BCUT2D eigenvalue weighted by molar-refractivity contribution is -0.170. The summed E-state index contributed by atoms with van der Waals surface area (Å²) in [6, 6.07) is 0.507. The van der Waals surface area contributed by atoms with Crippen molar-refractivity contribution in [3.05, 3.63) is 0 Å². The van der Waals surface area contributed by atoms with Gasteiger partial charge in [-0.05, 0) is 39.5 Å². The van der Waals surface area contributed by atoms with Crippen molar-refractivity contribution in [1.29, 1.82) is 0 Å². The molecule has 0 aromatic rings. The number of hydrogen-bond acceptors (Lipinski definition) is 4. The zero-order valence-electron chi connectivity index (χ0n) is 12.1. The van der Waals surface area contributed by atoms with Crippen LogP contribution in [0.15, 0.2) is 0 Å². The quantitative estimate of drug-likeness (QED) is 0.843. The van der Waals surface area contributed by atoms with Crippen molar-refractivity contribution in [1.82, 2.24) is 4.90 Å². The number of ether oxygens (including phenoxy) is 2. The minimum atomic E-state index is -0.975. The molecule has 5 heteroatoms. The van der Waals surface area contributed by atoms with Crippen molar-refractivity contribution in [2.24, 2.45) is 0 Å². The fourth-order valence-electron chi connectivity index (χ4n) is 3.27.